The first-order valence-electron chi connectivity index (χ1n) is 8.35. The fourth-order valence-electron chi connectivity index (χ4n) is 2.83. The molecule has 1 aliphatic heterocycles. The van der Waals surface area contributed by atoms with Gasteiger partial charge in [0.25, 0.3) is 0 Å². The van der Waals surface area contributed by atoms with Crippen LogP contribution >= 0.6 is 0 Å². The van der Waals surface area contributed by atoms with Crippen LogP contribution in [0.3, 0.4) is 0 Å². The van der Waals surface area contributed by atoms with Crippen LogP contribution in [0.25, 0.3) is 0 Å². The molecule has 0 aromatic heterocycles. The van der Waals surface area contributed by atoms with Crippen molar-refractivity contribution in [3.05, 3.63) is 0 Å². The van der Waals surface area contributed by atoms with Gasteiger partial charge in [0.2, 0.25) is 0 Å². The molecule has 0 aliphatic carbocycles. The Morgan fingerprint density at radius 1 is 1.20 bits per heavy atom. The summed E-state index contributed by atoms with van der Waals surface area (Å²) in [6, 6.07) is 0.584. The monoisotopic (exact) mass is 286 g/mol. The lowest BCUT2D eigenvalue weighted by Gasteiger charge is -2.33. The number of hydrogen-bond donors (Lipinski definition) is 1. The summed E-state index contributed by atoms with van der Waals surface area (Å²) in [6.07, 6.45) is 3.59. The van der Waals surface area contributed by atoms with Crippen LogP contribution in [0.4, 0.5) is 0 Å². The zero-order valence-corrected chi connectivity index (χ0v) is 13.9. The second kappa shape index (κ2) is 10.6. The molecule has 1 heterocycles. The second-order valence-electron chi connectivity index (χ2n) is 5.93. The summed E-state index contributed by atoms with van der Waals surface area (Å²) >= 11 is 0. The minimum atomic E-state index is -0.0456. The van der Waals surface area contributed by atoms with Gasteiger partial charge >= 0.3 is 0 Å². The molecule has 1 N–H and O–H groups in total. The third kappa shape index (κ3) is 7.02. The number of rotatable bonds is 10. The van der Waals surface area contributed by atoms with Crippen molar-refractivity contribution >= 4 is 0 Å². The van der Waals surface area contributed by atoms with Crippen molar-refractivity contribution in [2.75, 3.05) is 39.4 Å². The Hall–Kier alpha value is -0.160. The van der Waals surface area contributed by atoms with Crippen LogP contribution in [0.1, 0.15) is 47.0 Å². The van der Waals surface area contributed by atoms with Gasteiger partial charge in [0.1, 0.15) is 0 Å². The van der Waals surface area contributed by atoms with Gasteiger partial charge in [0.05, 0.1) is 0 Å². The van der Waals surface area contributed by atoms with Crippen molar-refractivity contribution in [2.24, 2.45) is 5.92 Å². The van der Waals surface area contributed by atoms with E-state index in [0.717, 1.165) is 32.1 Å². The third-order valence-electron chi connectivity index (χ3n) is 3.98. The van der Waals surface area contributed by atoms with E-state index in [1.807, 2.05) is 13.8 Å². The number of nitrogens with zero attached hydrogens (tertiary/aromatic N) is 1. The first-order valence-corrected chi connectivity index (χ1v) is 8.35. The third-order valence-corrected chi connectivity index (χ3v) is 3.98. The van der Waals surface area contributed by atoms with Gasteiger partial charge in [0.15, 0.2) is 6.29 Å². The average Bonchev–Trinajstić information content (AvgIpc) is 2.44. The van der Waals surface area contributed by atoms with Gasteiger partial charge in [0, 0.05) is 38.8 Å². The van der Waals surface area contributed by atoms with E-state index < -0.39 is 0 Å². The summed E-state index contributed by atoms with van der Waals surface area (Å²) in [5.74, 6) is 0.795. The lowest BCUT2D eigenvalue weighted by atomic mass is 9.98. The maximum atomic E-state index is 5.64. The summed E-state index contributed by atoms with van der Waals surface area (Å²) < 4.78 is 11.3. The molecular weight excluding hydrogens is 252 g/mol. The molecule has 1 saturated heterocycles. The van der Waals surface area contributed by atoms with E-state index in [0.29, 0.717) is 6.04 Å². The SMILES string of the molecule is CCOC(CCN(CC1CCCNC1)C(C)C)OCC. The first kappa shape index (κ1) is 17.9. The van der Waals surface area contributed by atoms with Crippen LogP contribution < -0.4 is 5.32 Å². The molecule has 4 heteroatoms. The smallest absolute Gasteiger partial charge is 0.158 e. The Balaban J connectivity index is 2.36. The molecule has 4 nitrogen and oxygen atoms in total. The Morgan fingerprint density at radius 2 is 1.90 bits per heavy atom. The van der Waals surface area contributed by atoms with Crippen LogP contribution in [0.15, 0.2) is 0 Å². The Kier molecular flexibility index (Phi) is 9.44. The Labute approximate surface area is 125 Å². The van der Waals surface area contributed by atoms with Gasteiger partial charge in [-0.15, -0.1) is 0 Å². The lowest BCUT2D eigenvalue weighted by molar-refractivity contribution is -0.142. The van der Waals surface area contributed by atoms with E-state index in [1.54, 1.807) is 0 Å². The van der Waals surface area contributed by atoms with Gasteiger partial charge < -0.3 is 19.7 Å². The molecule has 120 valence electrons. The van der Waals surface area contributed by atoms with E-state index in [1.165, 1.54) is 32.5 Å². The van der Waals surface area contributed by atoms with Crippen molar-refractivity contribution in [3.8, 4) is 0 Å². The van der Waals surface area contributed by atoms with Crippen LogP contribution in [0.5, 0.6) is 0 Å². The average molecular weight is 286 g/mol. The molecule has 0 bridgehead atoms. The molecule has 20 heavy (non-hydrogen) atoms. The van der Waals surface area contributed by atoms with E-state index >= 15 is 0 Å². The van der Waals surface area contributed by atoms with Crippen LogP contribution in [0, 0.1) is 5.92 Å². The molecular formula is C16H34N2O2. The fraction of sp³-hybridized carbons (Fsp3) is 1.00. The number of nitrogens with one attached hydrogen (secondary N) is 1. The minimum absolute atomic E-state index is 0.0456. The summed E-state index contributed by atoms with van der Waals surface area (Å²) in [6.45, 7) is 14.7. The number of ether oxygens (including phenoxy) is 2. The largest absolute Gasteiger partial charge is 0.353 e. The van der Waals surface area contributed by atoms with E-state index in [9.17, 15) is 0 Å². The topological polar surface area (TPSA) is 33.7 Å². The zero-order chi connectivity index (χ0) is 14.8. The summed E-state index contributed by atoms with van der Waals surface area (Å²) in [7, 11) is 0. The van der Waals surface area contributed by atoms with Crippen molar-refractivity contribution in [3.63, 3.8) is 0 Å². The van der Waals surface area contributed by atoms with Crippen LogP contribution in [-0.2, 0) is 9.47 Å². The van der Waals surface area contributed by atoms with E-state index in [2.05, 4.69) is 24.1 Å². The predicted molar refractivity (Wildman–Crippen MR) is 84.0 cm³/mol. The molecule has 0 aromatic rings. The summed E-state index contributed by atoms with van der Waals surface area (Å²) in [4.78, 5) is 2.57. The molecule has 1 atom stereocenters. The number of hydrogen-bond acceptors (Lipinski definition) is 4. The van der Waals surface area contributed by atoms with Crippen LogP contribution in [-0.4, -0.2) is 56.6 Å². The highest BCUT2D eigenvalue weighted by atomic mass is 16.7. The van der Waals surface area contributed by atoms with E-state index in [-0.39, 0.29) is 6.29 Å². The summed E-state index contributed by atoms with van der Waals surface area (Å²) in [5, 5.41) is 3.51. The van der Waals surface area contributed by atoms with Crippen molar-refractivity contribution in [2.45, 2.75) is 59.3 Å². The first-order chi connectivity index (χ1) is 9.67. The molecule has 0 saturated carbocycles. The molecule has 0 amide bonds. The second-order valence-corrected chi connectivity index (χ2v) is 5.93. The quantitative estimate of drug-likeness (QED) is 0.626. The maximum absolute atomic E-state index is 5.64. The van der Waals surface area contributed by atoms with Gasteiger partial charge in [-0.3, -0.25) is 0 Å². The standard InChI is InChI=1S/C16H34N2O2/c1-5-19-16(20-6-2)9-11-18(14(3)4)13-15-8-7-10-17-12-15/h14-17H,5-13H2,1-4H3. The molecule has 1 unspecified atom stereocenters. The molecule has 1 fully saturated rings. The normalized spacial score (nSPS) is 20.2. The Bertz CT molecular complexity index is 225. The van der Waals surface area contributed by atoms with Crippen molar-refractivity contribution in [1.82, 2.24) is 10.2 Å². The highest BCUT2D eigenvalue weighted by molar-refractivity contribution is 4.75. The highest BCUT2D eigenvalue weighted by Crippen LogP contribution is 2.15. The zero-order valence-electron chi connectivity index (χ0n) is 13.9. The van der Waals surface area contributed by atoms with E-state index in [4.69, 9.17) is 9.47 Å². The molecule has 1 aliphatic rings. The predicted octanol–water partition coefficient (Wildman–Crippen LogP) is 2.49. The highest BCUT2D eigenvalue weighted by Gasteiger charge is 2.20. The van der Waals surface area contributed by atoms with Gasteiger partial charge in [-0.25, -0.2) is 0 Å². The number of piperidine rings is 1. The summed E-state index contributed by atoms with van der Waals surface area (Å²) in [5.41, 5.74) is 0. The lowest BCUT2D eigenvalue weighted by Crippen LogP contribution is -2.42. The van der Waals surface area contributed by atoms with Gasteiger partial charge in [-0.05, 0) is 59.5 Å². The van der Waals surface area contributed by atoms with Gasteiger partial charge in [-0.1, -0.05) is 0 Å². The molecule has 0 radical (unpaired) electrons. The molecule has 1 rings (SSSR count). The maximum Gasteiger partial charge on any atom is 0.158 e. The van der Waals surface area contributed by atoms with Crippen molar-refractivity contribution in [1.29, 1.82) is 0 Å². The van der Waals surface area contributed by atoms with Crippen molar-refractivity contribution < 1.29 is 9.47 Å². The minimum Gasteiger partial charge on any atom is -0.353 e. The van der Waals surface area contributed by atoms with Gasteiger partial charge in [-0.2, -0.15) is 0 Å². The molecule has 0 spiro atoms. The Morgan fingerprint density at radius 3 is 2.40 bits per heavy atom. The van der Waals surface area contributed by atoms with Crippen LogP contribution in [0.2, 0.25) is 0 Å². The molecule has 0 aromatic carbocycles. The fourth-order valence-corrected chi connectivity index (χ4v) is 2.83.